The van der Waals surface area contributed by atoms with Crippen molar-refractivity contribution in [2.45, 2.75) is 25.8 Å². The Morgan fingerprint density at radius 2 is 2.14 bits per heavy atom. The molecule has 2 rings (SSSR count). The Bertz CT molecular complexity index is 516. The van der Waals surface area contributed by atoms with E-state index < -0.39 is 11.6 Å². The molecule has 1 heterocycles. The van der Waals surface area contributed by atoms with Crippen LogP contribution in [0.2, 0.25) is 0 Å². The molecule has 1 aromatic rings. The van der Waals surface area contributed by atoms with Crippen LogP contribution in [0.4, 0.5) is 14.5 Å². The molecule has 22 heavy (non-hydrogen) atoms. The van der Waals surface area contributed by atoms with E-state index in [0.717, 1.165) is 31.5 Å². The number of piperidine rings is 1. The fraction of sp³-hybridized carbons (Fsp3) is 0.533. The number of hydrogen-bond acceptors (Lipinski definition) is 3. The second-order valence-electron chi connectivity index (χ2n) is 5.67. The molecule has 0 aromatic heterocycles. The Hall–Kier alpha value is -1.24. The predicted molar refractivity (Wildman–Crippen MR) is 85.0 cm³/mol. The van der Waals surface area contributed by atoms with Crippen LogP contribution in [0, 0.1) is 17.6 Å². The normalized spacial score (nSPS) is 22.0. The lowest BCUT2D eigenvalue weighted by atomic mass is 9.92. The number of hydrogen-bond donors (Lipinski definition) is 2. The van der Waals surface area contributed by atoms with Crippen LogP contribution in [-0.2, 0) is 4.79 Å². The highest BCUT2D eigenvalue weighted by atomic mass is 35.5. The second kappa shape index (κ2) is 8.41. The summed E-state index contributed by atoms with van der Waals surface area (Å²) in [6.07, 6.45) is 2.02. The number of nitrogens with two attached hydrogens (primary N) is 1. The lowest BCUT2D eigenvalue weighted by molar-refractivity contribution is -0.118. The molecule has 4 nitrogen and oxygen atoms in total. The van der Waals surface area contributed by atoms with Crippen molar-refractivity contribution in [3.8, 4) is 0 Å². The van der Waals surface area contributed by atoms with Crippen molar-refractivity contribution in [1.82, 2.24) is 4.90 Å². The third-order valence-corrected chi connectivity index (χ3v) is 3.92. The number of carbonyl (C=O) groups is 1. The number of halogens is 3. The van der Waals surface area contributed by atoms with Crippen LogP contribution < -0.4 is 11.1 Å². The zero-order chi connectivity index (χ0) is 15.4. The Balaban J connectivity index is 0.00000242. The zero-order valence-corrected chi connectivity index (χ0v) is 13.3. The van der Waals surface area contributed by atoms with Crippen LogP contribution >= 0.6 is 12.4 Å². The van der Waals surface area contributed by atoms with Crippen LogP contribution in [-0.4, -0.2) is 36.5 Å². The van der Waals surface area contributed by atoms with Crippen molar-refractivity contribution in [2.24, 2.45) is 11.7 Å². The van der Waals surface area contributed by atoms with E-state index in [2.05, 4.69) is 17.1 Å². The van der Waals surface area contributed by atoms with Gasteiger partial charge in [-0.25, -0.2) is 8.78 Å². The molecule has 0 aliphatic carbocycles. The van der Waals surface area contributed by atoms with Gasteiger partial charge in [-0.2, -0.15) is 0 Å². The van der Waals surface area contributed by atoms with Crippen LogP contribution in [0.25, 0.3) is 0 Å². The lowest BCUT2D eigenvalue weighted by Gasteiger charge is -2.37. The molecule has 1 aromatic carbocycles. The zero-order valence-electron chi connectivity index (χ0n) is 12.5. The minimum absolute atomic E-state index is 0. The molecule has 7 heteroatoms. The first-order valence-electron chi connectivity index (χ1n) is 7.18. The molecule has 124 valence electrons. The van der Waals surface area contributed by atoms with Gasteiger partial charge in [0.05, 0.1) is 6.54 Å². The molecule has 0 spiro atoms. The quantitative estimate of drug-likeness (QED) is 0.889. The fourth-order valence-electron chi connectivity index (χ4n) is 2.71. The molecule has 0 radical (unpaired) electrons. The first kappa shape index (κ1) is 18.8. The molecule has 1 aliphatic heterocycles. The smallest absolute Gasteiger partial charge is 0.238 e. The molecule has 3 N–H and O–H groups in total. The van der Waals surface area contributed by atoms with E-state index in [1.165, 1.54) is 6.07 Å². The molecular formula is C15H22ClF2N3O. The van der Waals surface area contributed by atoms with Crippen molar-refractivity contribution in [3.05, 3.63) is 29.8 Å². The molecule has 1 amide bonds. The average molecular weight is 334 g/mol. The van der Waals surface area contributed by atoms with Crippen molar-refractivity contribution in [1.29, 1.82) is 0 Å². The van der Waals surface area contributed by atoms with E-state index in [4.69, 9.17) is 5.73 Å². The fourth-order valence-corrected chi connectivity index (χ4v) is 2.71. The van der Waals surface area contributed by atoms with Gasteiger partial charge in [0.25, 0.3) is 0 Å². The van der Waals surface area contributed by atoms with Gasteiger partial charge in [0.15, 0.2) is 11.6 Å². The van der Waals surface area contributed by atoms with Gasteiger partial charge >= 0.3 is 0 Å². The van der Waals surface area contributed by atoms with Gasteiger partial charge in [-0.15, -0.1) is 12.4 Å². The van der Waals surface area contributed by atoms with Crippen molar-refractivity contribution >= 4 is 24.0 Å². The van der Waals surface area contributed by atoms with E-state index >= 15 is 0 Å². The third kappa shape index (κ3) is 4.90. The Labute approximate surface area is 135 Å². The highest BCUT2D eigenvalue weighted by Crippen LogP contribution is 2.21. The van der Waals surface area contributed by atoms with E-state index in [1.54, 1.807) is 0 Å². The summed E-state index contributed by atoms with van der Waals surface area (Å²) in [6, 6.07) is 3.52. The van der Waals surface area contributed by atoms with E-state index in [-0.39, 0.29) is 36.6 Å². The monoisotopic (exact) mass is 333 g/mol. The van der Waals surface area contributed by atoms with Crippen molar-refractivity contribution in [2.75, 3.05) is 25.0 Å². The third-order valence-electron chi connectivity index (χ3n) is 3.92. The Morgan fingerprint density at radius 3 is 2.77 bits per heavy atom. The summed E-state index contributed by atoms with van der Waals surface area (Å²) in [7, 11) is 0. The topological polar surface area (TPSA) is 58.4 Å². The van der Waals surface area contributed by atoms with Gasteiger partial charge in [0, 0.05) is 24.3 Å². The standard InChI is InChI=1S/C15H21F2N3O.ClH/c1-10-4-5-20(12(6-10)8-18)9-15(21)19-11-2-3-13(16)14(17)7-11;/h2-3,7,10,12H,4-6,8-9,18H2,1H3,(H,19,21);1H. The van der Waals surface area contributed by atoms with Gasteiger partial charge < -0.3 is 11.1 Å². The van der Waals surface area contributed by atoms with E-state index in [9.17, 15) is 13.6 Å². The molecule has 2 atom stereocenters. The maximum atomic E-state index is 13.1. The van der Waals surface area contributed by atoms with Crippen molar-refractivity contribution < 1.29 is 13.6 Å². The van der Waals surface area contributed by atoms with Crippen LogP contribution in [0.5, 0.6) is 0 Å². The molecule has 1 saturated heterocycles. The number of nitrogens with zero attached hydrogens (tertiary/aromatic N) is 1. The van der Waals surface area contributed by atoms with Crippen molar-refractivity contribution in [3.63, 3.8) is 0 Å². The van der Waals surface area contributed by atoms with Gasteiger partial charge in [-0.1, -0.05) is 6.92 Å². The van der Waals surface area contributed by atoms with Crippen LogP contribution in [0.3, 0.4) is 0 Å². The summed E-state index contributed by atoms with van der Waals surface area (Å²) in [4.78, 5) is 14.1. The number of likely N-dealkylation sites (tertiary alicyclic amines) is 1. The molecule has 1 fully saturated rings. The summed E-state index contributed by atoms with van der Waals surface area (Å²) >= 11 is 0. The van der Waals surface area contributed by atoms with Gasteiger partial charge in [0.1, 0.15) is 0 Å². The first-order valence-corrected chi connectivity index (χ1v) is 7.18. The number of rotatable bonds is 4. The van der Waals surface area contributed by atoms with Gasteiger partial charge in [0.2, 0.25) is 5.91 Å². The van der Waals surface area contributed by atoms with Gasteiger partial charge in [-0.3, -0.25) is 9.69 Å². The summed E-state index contributed by atoms with van der Waals surface area (Å²) < 4.78 is 25.9. The summed E-state index contributed by atoms with van der Waals surface area (Å²) in [5.41, 5.74) is 6.01. The molecular weight excluding hydrogens is 312 g/mol. The average Bonchev–Trinajstić information content (AvgIpc) is 2.44. The second-order valence-corrected chi connectivity index (χ2v) is 5.67. The molecule has 0 saturated carbocycles. The largest absolute Gasteiger partial charge is 0.329 e. The number of anilines is 1. The summed E-state index contributed by atoms with van der Waals surface area (Å²) in [5, 5.41) is 2.59. The Kier molecular flexibility index (Phi) is 7.19. The Morgan fingerprint density at radius 1 is 1.41 bits per heavy atom. The summed E-state index contributed by atoms with van der Waals surface area (Å²) in [5.74, 6) is -1.53. The number of carbonyl (C=O) groups excluding carboxylic acids is 1. The van der Waals surface area contributed by atoms with Crippen LogP contribution in [0.1, 0.15) is 19.8 Å². The highest BCUT2D eigenvalue weighted by Gasteiger charge is 2.26. The first-order chi connectivity index (χ1) is 9.99. The molecule has 2 unspecified atom stereocenters. The number of nitrogens with one attached hydrogen (secondary N) is 1. The maximum absolute atomic E-state index is 13.1. The van der Waals surface area contributed by atoms with E-state index in [1.807, 2.05) is 0 Å². The van der Waals surface area contributed by atoms with Crippen LogP contribution in [0.15, 0.2) is 18.2 Å². The minimum Gasteiger partial charge on any atom is -0.329 e. The highest BCUT2D eigenvalue weighted by molar-refractivity contribution is 5.92. The summed E-state index contributed by atoms with van der Waals surface area (Å²) in [6.45, 7) is 3.74. The number of amides is 1. The molecule has 0 bridgehead atoms. The predicted octanol–water partition coefficient (Wildman–Crippen LogP) is 2.38. The van der Waals surface area contributed by atoms with E-state index in [0.29, 0.717) is 12.5 Å². The SMILES string of the molecule is CC1CCN(CC(=O)Nc2ccc(F)c(F)c2)C(CN)C1.Cl. The number of benzene rings is 1. The van der Waals surface area contributed by atoms with Gasteiger partial charge in [-0.05, 0) is 37.4 Å². The maximum Gasteiger partial charge on any atom is 0.238 e. The molecule has 1 aliphatic rings. The lowest BCUT2D eigenvalue weighted by Crippen LogP contribution is -2.49. The minimum atomic E-state index is -0.973.